The van der Waals surface area contributed by atoms with Crippen molar-refractivity contribution in [2.75, 3.05) is 6.79 Å². The normalized spacial score (nSPS) is 18.7. The topological polar surface area (TPSA) is 30.5 Å². The van der Waals surface area contributed by atoms with Crippen molar-refractivity contribution in [3.63, 3.8) is 0 Å². The van der Waals surface area contributed by atoms with Crippen molar-refractivity contribution in [3.05, 3.63) is 59.7 Å². The number of fused-ring (bicyclic) bond motifs is 1. The molecule has 0 aromatic heterocycles. The van der Waals surface area contributed by atoms with E-state index in [1.54, 1.807) is 0 Å². The molecule has 2 aliphatic rings. The van der Waals surface area contributed by atoms with Gasteiger partial charge in [-0.05, 0) is 55.4 Å². The average Bonchev–Trinajstić information content (AvgIpc) is 3.33. The van der Waals surface area contributed by atoms with E-state index in [-0.39, 0.29) is 0 Å². The van der Waals surface area contributed by atoms with Crippen LogP contribution in [0.3, 0.4) is 0 Å². The summed E-state index contributed by atoms with van der Waals surface area (Å²) in [5.74, 6) is 2.54. The maximum absolute atomic E-state index is 5.50. The van der Waals surface area contributed by atoms with E-state index in [9.17, 15) is 0 Å². The van der Waals surface area contributed by atoms with Gasteiger partial charge in [-0.2, -0.15) is 0 Å². The second-order valence-electron chi connectivity index (χ2n) is 6.63. The summed E-state index contributed by atoms with van der Waals surface area (Å²) >= 11 is 0. The third kappa shape index (κ3) is 3.35. The molecule has 2 aromatic rings. The second-order valence-corrected chi connectivity index (χ2v) is 6.63. The Kier molecular flexibility index (Phi) is 3.96. The van der Waals surface area contributed by atoms with E-state index in [2.05, 4.69) is 54.7 Å². The second kappa shape index (κ2) is 6.25. The lowest BCUT2D eigenvalue weighted by Crippen LogP contribution is -2.35. The van der Waals surface area contributed by atoms with Crippen molar-refractivity contribution in [2.45, 2.75) is 38.3 Å². The van der Waals surface area contributed by atoms with E-state index in [1.807, 2.05) is 6.07 Å². The number of benzene rings is 2. The third-order valence-electron chi connectivity index (χ3n) is 4.85. The highest BCUT2D eigenvalue weighted by atomic mass is 16.7. The quantitative estimate of drug-likeness (QED) is 0.872. The van der Waals surface area contributed by atoms with Crippen LogP contribution in [0.25, 0.3) is 0 Å². The zero-order chi connectivity index (χ0) is 15.6. The first kappa shape index (κ1) is 14.6. The molecule has 120 valence electrons. The Hall–Kier alpha value is -2.00. The van der Waals surface area contributed by atoms with E-state index in [0.717, 1.165) is 23.8 Å². The fraction of sp³-hybridized carbons (Fsp3) is 0.400. The van der Waals surface area contributed by atoms with Crippen molar-refractivity contribution in [2.24, 2.45) is 5.92 Å². The molecule has 1 heterocycles. The van der Waals surface area contributed by atoms with Crippen LogP contribution in [0.2, 0.25) is 0 Å². The zero-order valence-corrected chi connectivity index (χ0v) is 13.5. The van der Waals surface area contributed by atoms with Gasteiger partial charge in [-0.15, -0.1) is 0 Å². The fourth-order valence-electron chi connectivity index (χ4n) is 3.34. The number of rotatable bonds is 6. The first-order chi connectivity index (χ1) is 11.3. The number of hydrogen-bond donors (Lipinski definition) is 1. The van der Waals surface area contributed by atoms with Crippen LogP contribution < -0.4 is 14.8 Å². The standard InChI is InChI=1S/C20H23NO2/c1-14(16-5-3-2-4-6-16)21-18(17-8-9-17)11-15-7-10-19-20(12-15)23-13-22-19/h2-7,10,12,14,17-18,21H,8-9,11,13H2,1H3/t14-,18?/m1/s1. The fourth-order valence-corrected chi connectivity index (χ4v) is 3.34. The lowest BCUT2D eigenvalue weighted by molar-refractivity contribution is 0.174. The van der Waals surface area contributed by atoms with Gasteiger partial charge >= 0.3 is 0 Å². The molecule has 4 rings (SSSR count). The van der Waals surface area contributed by atoms with Crippen molar-refractivity contribution >= 4 is 0 Å². The smallest absolute Gasteiger partial charge is 0.231 e. The molecule has 1 unspecified atom stereocenters. The van der Waals surface area contributed by atoms with Crippen LogP contribution in [-0.2, 0) is 6.42 Å². The molecule has 3 heteroatoms. The van der Waals surface area contributed by atoms with Crippen molar-refractivity contribution < 1.29 is 9.47 Å². The zero-order valence-electron chi connectivity index (χ0n) is 13.5. The number of hydrogen-bond acceptors (Lipinski definition) is 3. The van der Waals surface area contributed by atoms with Gasteiger partial charge in [0, 0.05) is 12.1 Å². The summed E-state index contributed by atoms with van der Waals surface area (Å²) in [5.41, 5.74) is 2.67. The molecule has 0 radical (unpaired) electrons. The van der Waals surface area contributed by atoms with Crippen molar-refractivity contribution in [3.8, 4) is 11.5 Å². The average molecular weight is 309 g/mol. The van der Waals surface area contributed by atoms with Crippen molar-refractivity contribution in [1.29, 1.82) is 0 Å². The summed E-state index contributed by atoms with van der Waals surface area (Å²) in [6.07, 6.45) is 3.71. The number of nitrogens with one attached hydrogen (secondary N) is 1. The van der Waals surface area contributed by atoms with Gasteiger partial charge in [0.15, 0.2) is 11.5 Å². The molecule has 1 saturated carbocycles. The van der Waals surface area contributed by atoms with Crippen LogP contribution in [0.5, 0.6) is 11.5 Å². The van der Waals surface area contributed by atoms with Gasteiger partial charge < -0.3 is 14.8 Å². The highest BCUT2D eigenvalue weighted by Gasteiger charge is 2.32. The molecule has 1 fully saturated rings. The first-order valence-corrected chi connectivity index (χ1v) is 8.49. The van der Waals surface area contributed by atoms with Crippen LogP contribution in [-0.4, -0.2) is 12.8 Å². The lowest BCUT2D eigenvalue weighted by atomic mass is 9.99. The highest BCUT2D eigenvalue weighted by molar-refractivity contribution is 5.44. The summed E-state index contributed by atoms with van der Waals surface area (Å²) in [4.78, 5) is 0. The Morgan fingerprint density at radius 1 is 1.04 bits per heavy atom. The maximum Gasteiger partial charge on any atom is 0.231 e. The Labute approximate surface area is 137 Å². The first-order valence-electron chi connectivity index (χ1n) is 8.49. The molecule has 0 bridgehead atoms. The Morgan fingerprint density at radius 2 is 1.83 bits per heavy atom. The summed E-state index contributed by atoms with van der Waals surface area (Å²) < 4.78 is 10.9. The van der Waals surface area contributed by atoms with Gasteiger partial charge in [-0.1, -0.05) is 36.4 Å². The monoisotopic (exact) mass is 309 g/mol. The molecule has 1 aliphatic carbocycles. The Bertz CT molecular complexity index is 667. The van der Waals surface area contributed by atoms with Gasteiger partial charge in [0.1, 0.15) is 0 Å². The molecule has 0 saturated heterocycles. The molecular weight excluding hydrogens is 286 g/mol. The minimum atomic E-state index is 0.341. The van der Waals surface area contributed by atoms with E-state index >= 15 is 0 Å². The van der Waals surface area contributed by atoms with Crippen LogP contribution in [0.1, 0.15) is 36.9 Å². The van der Waals surface area contributed by atoms with Gasteiger partial charge in [0.05, 0.1) is 0 Å². The van der Waals surface area contributed by atoms with Crippen LogP contribution in [0.15, 0.2) is 48.5 Å². The van der Waals surface area contributed by atoms with Gasteiger partial charge in [-0.3, -0.25) is 0 Å². The predicted octanol–water partition coefficient (Wildman–Crippen LogP) is 4.09. The molecule has 23 heavy (non-hydrogen) atoms. The summed E-state index contributed by atoms with van der Waals surface area (Å²) in [6.45, 7) is 2.60. The molecule has 0 amide bonds. The molecular formula is C20H23NO2. The van der Waals surface area contributed by atoms with Gasteiger partial charge in [0.25, 0.3) is 0 Å². The van der Waals surface area contributed by atoms with Gasteiger partial charge in [0.2, 0.25) is 6.79 Å². The van der Waals surface area contributed by atoms with Gasteiger partial charge in [-0.25, -0.2) is 0 Å². The Balaban J connectivity index is 1.46. The van der Waals surface area contributed by atoms with E-state index in [4.69, 9.17) is 9.47 Å². The summed E-state index contributed by atoms with van der Waals surface area (Å²) in [5, 5.41) is 3.84. The SMILES string of the molecule is C[C@@H](NC(Cc1ccc2c(c1)OCO2)C1CC1)c1ccccc1. The van der Waals surface area contributed by atoms with E-state index in [1.165, 1.54) is 24.0 Å². The van der Waals surface area contributed by atoms with E-state index in [0.29, 0.717) is 18.9 Å². The van der Waals surface area contributed by atoms with E-state index < -0.39 is 0 Å². The molecule has 1 aliphatic heterocycles. The van der Waals surface area contributed by atoms with Crippen LogP contribution in [0, 0.1) is 5.92 Å². The van der Waals surface area contributed by atoms with Crippen LogP contribution >= 0.6 is 0 Å². The lowest BCUT2D eigenvalue weighted by Gasteiger charge is -2.24. The van der Waals surface area contributed by atoms with Crippen molar-refractivity contribution in [1.82, 2.24) is 5.32 Å². The molecule has 0 spiro atoms. The highest BCUT2D eigenvalue weighted by Crippen LogP contribution is 2.37. The number of ether oxygens (including phenoxy) is 2. The minimum absolute atomic E-state index is 0.341. The largest absolute Gasteiger partial charge is 0.454 e. The molecule has 1 N–H and O–H groups in total. The molecule has 2 aromatic carbocycles. The third-order valence-corrected chi connectivity index (χ3v) is 4.85. The van der Waals surface area contributed by atoms with Crippen LogP contribution in [0.4, 0.5) is 0 Å². The summed E-state index contributed by atoms with van der Waals surface area (Å²) in [6, 6.07) is 17.9. The molecule has 3 nitrogen and oxygen atoms in total. The summed E-state index contributed by atoms with van der Waals surface area (Å²) in [7, 11) is 0. The maximum atomic E-state index is 5.50. The predicted molar refractivity (Wildman–Crippen MR) is 90.8 cm³/mol. The minimum Gasteiger partial charge on any atom is -0.454 e. The Morgan fingerprint density at radius 3 is 2.61 bits per heavy atom. The molecule has 2 atom stereocenters.